The van der Waals surface area contributed by atoms with Crippen LogP contribution in [0.1, 0.15) is 31.5 Å². The first kappa shape index (κ1) is 16.1. The van der Waals surface area contributed by atoms with E-state index in [-0.39, 0.29) is 5.91 Å². The van der Waals surface area contributed by atoms with Crippen molar-refractivity contribution < 1.29 is 9.53 Å². The van der Waals surface area contributed by atoms with E-state index in [0.717, 1.165) is 24.7 Å². The molecule has 2 aliphatic rings. The highest BCUT2D eigenvalue weighted by molar-refractivity contribution is 5.75. The zero-order valence-corrected chi connectivity index (χ0v) is 14.4. The molecule has 2 aliphatic carbocycles. The highest BCUT2D eigenvalue weighted by Gasteiger charge is 2.35. The van der Waals surface area contributed by atoms with Gasteiger partial charge < -0.3 is 10.1 Å². The van der Waals surface area contributed by atoms with Crippen molar-refractivity contribution in [3.8, 4) is 5.88 Å². The lowest BCUT2D eigenvalue weighted by atomic mass is 9.93. The Labute approximate surface area is 146 Å². The van der Waals surface area contributed by atoms with Gasteiger partial charge in [-0.05, 0) is 43.1 Å². The van der Waals surface area contributed by atoms with E-state index in [2.05, 4.69) is 32.8 Å². The Morgan fingerprint density at radius 3 is 3.00 bits per heavy atom. The molecule has 0 radical (unpaired) electrons. The number of hydrogen-bond acceptors (Lipinski definition) is 5. The van der Waals surface area contributed by atoms with Crippen molar-refractivity contribution >= 4 is 11.6 Å². The number of fused-ring (bicyclic) bond motifs is 3. The number of rotatable bonds is 7. The third-order valence-electron chi connectivity index (χ3n) is 5.29. The number of aromatic nitrogens is 4. The molecule has 0 unspecified atom stereocenters. The molecule has 7 heteroatoms. The molecule has 25 heavy (non-hydrogen) atoms. The van der Waals surface area contributed by atoms with E-state index in [4.69, 9.17) is 4.74 Å². The number of hydrogen-bond donors (Lipinski definition) is 1. The monoisotopic (exact) mass is 341 g/mol. The van der Waals surface area contributed by atoms with Crippen molar-refractivity contribution in [2.45, 2.75) is 32.1 Å². The van der Waals surface area contributed by atoms with Crippen molar-refractivity contribution in [3.63, 3.8) is 0 Å². The first-order valence-corrected chi connectivity index (χ1v) is 8.93. The largest absolute Gasteiger partial charge is 0.480 e. The molecule has 2 heterocycles. The van der Waals surface area contributed by atoms with E-state index in [1.165, 1.54) is 12.8 Å². The fourth-order valence-electron chi connectivity index (χ4n) is 3.95. The van der Waals surface area contributed by atoms with Crippen LogP contribution in [-0.2, 0) is 11.2 Å². The number of carbonyl (C=O) groups excluding carboxylic acids is 1. The maximum absolute atomic E-state index is 12.1. The predicted octanol–water partition coefficient (Wildman–Crippen LogP) is 1.78. The van der Waals surface area contributed by atoms with Gasteiger partial charge in [0.15, 0.2) is 11.5 Å². The first-order chi connectivity index (χ1) is 12.2. The van der Waals surface area contributed by atoms with Crippen LogP contribution >= 0.6 is 0 Å². The number of aryl methyl sites for hydroxylation is 1. The average Bonchev–Trinajstić information content (AvgIpc) is 3.35. The van der Waals surface area contributed by atoms with E-state index >= 15 is 0 Å². The van der Waals surface area contributed by atoms with E-state index in [1.54, 1.807) is 17.7 Å². The Hall–Kier alpha value is -2.44. The summed E-state index contributed by atoms with van der Waals surface area (Å²) in [6.45, 7) is 0.803. The van der Waals surface area contributed by atoms with Crippen molar-refractivity contribution in [1.29, 1.82) is 0 Å². The summed E-state index contributed by atoms with van der Waals surface area (Å²) in [6.07, 6.45) is 9.03. The second-order valence-electron chi connectivity index (χ2n) is 6.96. The predicted molar refractivity (Wildman–Crippen MR) is 92.1 cm³/mol. The van der Waals surface area contributed by atoms with Gasteiger partial charge in [0.05, 0.1) is 7.11 Å². The second-order valence-corrected chi connectivity index (χ2v) is 6.96. The summed E-state index contributed by atoms with van der Waals surface area (Å²) >= 11 is 0. The molecule has 132 valence electrons. The van der Waals surface area contributed by atoms with Gasteiger partial charge in [0.1, 0.15) is 0 Å². The number of carbonyl (C=O) groups is 1. The molecular formula is C18H23N5O2. The standard InChI is InChI=1S/C18H23N5O2/c1-25-18-8-7-16-21-20-15(23(16)22-18)3-2-4-17(24)19-11-14-10-12-5-6-13(14)9-12/h5-8,12-14H,2-4,9-11H2,1H3,(H,19,24)/t12-,13-,14+/m0/s1. The molecule has 7 nitrogen and oxygen atoms in total. The maximum atomic E-state index is 12.1. The van der Waals surface area contributed by atoms with Crippen LogP contribution in [-0.4, -0.2) is 39.4 Å². The van der Waals surface area contributed by atoms with Crippen LogP contribution in [0, 0.1) is 17.8 Å². The van der Waals surface area contributed by atoms with Gasteiger partial charge in [-0.1, -0.05) is 12.2 Å². The summed E-state index contributed by atoms with van der Waals surface area (Å²) in [5.41, 5.74) is 0.685. The van der Waals surface area contributed by atoms with Gasteiger partial charge >= 0.3 is 0 Å². The molecule has 2 aromatic heterocycles. The van der Waals surface area contributed by atoms with E-state index in [9.17, 15) is 4.79 Å². The number of ether oxygens (including phenoxy) is 1. The van der Waals surface area contributed by atoms with Gasteiger partial charge in [0.2, 0.25) is 11.8 Å². The molecule has 0 spiro atoms. The van der Waals surface area contributed by atoms with Crippen LogP contribution in [0.2, 0.25) is 0 Å². The molecule has 2 aromatic rings. The van der Waals surface area contributed by atoms with Gasteiger partial charge in [-0.15, -0.1) is 15.3 Å². The molecule has 1 N–H and O–H groups in total. The van der Waals surface area contributed by atoms with E-state index < -0.39 is 0 Å². The molecule has 0 saturated heterocycles. The fraction of sp³-hybridized carbons (Fsp3) is 0.556. The molecule has 2 bridgehead atoms. The Morgan fingerprint density at radius 2 is 2.24 bits per heavy atom. The van der Waals surface area contributed by atoms with Crippen LogP contribution < -0.4 is 10.1 Å². The molecule has 4 rings (SSSR count). The maximum Gasteiger partial charge on any atom is 0.231 e. The van der Waals surface area contributed by atoms with Crippen LogP contribution in [0.15, 0.2) is 24.3 Å². The lowest BCUT2D eigenvalue weighted by Crippen LogP contribution is -2.30. The number of nitrogens with zero attached hydrogens (tertiary/aromatic N) is 4. The minimum atomic E-state index is 0.117. The average molecular weight is 341 g/mol. The minimum Gasteiger partial charge on any atom is -0.480 e. The molecule has 3 atom stereocenters. The number of methoxy groups -OCH3 is 1. The zero-order chi connectivity index (χ0) is 17.2. The third kappa shape index (κ3) is 3.36. The highest BCUT2D eigenvalue weighted by Crippen LogP contribution is 2.42. The van der Waals surface area contributed by atoms with Gasteiger partial charge in [0.25, 0.3) is 0 Å². The Kier molecular flexibility index (Phi) is 4.38. The lowest BCUT2D eigenvalue weighted by molar-refractivity contribution is -0.121. The van der Waals surface area contributed by atoms with Crippen LogP contribution in [0.25, 0.3) is 5.65 Å². The summed E-state index contributed by atoms with van der Waals surface area (Å²) in [6, 6.07) is 3.57. The second kappa shape index (κ2) is 6.82. The molecule has 1 fully saturated rings. The van der Waals surface area contributed by atoms with Crippen LogP contribution in [0.3, 0.4) is 0 Å². The topological polar surface area (TPSA) is 81.4 Å². The van der Waals surface area contributed by atoms with E-state index in [0.29, 0.717) is 36.2 Å². The Balaban J connectivity index is 1.25. The SMILES string of the molecule is COc1ccc2nnc(CCCC(=O)NC[C@H]3C[C@H]4C=C[C@H]3C4)n2n1. The van der Waals surface area contributed by atoms with Gasteiger partial charge in [-0.3, -0.25) is 4.79 Å². The van der Waals surface area contributed by atoms with Crippen molar-refractivity contribution in [2.75, 3.05) is 13.7 Å². The summed E-state index contributed by atoms with van der Waals surface area (Å²) in [7, 11) is 1.58. The molecule has 0 aliphatic heterocycles. The lowest BCUT2D eigenvalue weighted by Gasteiger charge is -2.18. The molecule has 1 saturated carbocycles. The Bertz CT molecular complexity index is 800. The third-order valence-corrected chi connectivity index (χ3v) is 5.29. The summed E-state index contributed by atoms with van der Waals surface area (Å²) in [5.74, 6) is 3.43. The minimum absolute atomic E-state index is 0.117. The molecule has 1 amide bonds. The summed E-state index contributed by atoms with van der Waals surface area (Å²) < 4.78 is 6.81. The van der Waals surface area contributed by atoms with Crippen molar-refractivity contribution in [1.82, 2.24) is 25.1 Å². The van der Waals surface area contributed by atoms with Gasteiger partial charge in [-0.2, -0.15) is 4.52 Å². The Morgan fingerprint density at radius 1 is 1.32 bits per heavy atom. The van der Waals surface area contributed by atoms with Crippen molar-refractivity contribution in [2.24, 2.45) is 17.8 Å². The van der Waals surface area contributed by atoms with Gasteiger partial charge in [0, 0.05) is 25.5 Å². The fourth-order valence-corrected chi connectivity index (χ4v) is 3.95. The van der Waals surface area contributed by atoms with Gasteiger partial charge in [-0.25, -0.2) is 0 Å². The first-order valence-electron chi connectivity index (χ1n) is 8.93. The quantitative estimate of drug-likeness (QED) is 0.777. The summed E-state index contributed by atoms with van der Waals surface area (Å²) in [5, 5.41) is 15.7. The van der Waals surface area contributed by atoms with Crippen LogP contribution in [0.4, 0.5) is 0 Å². The highest BCUT2D eigenvalue weighted by atomic mass is 16.5. The smallest absolute Gasteiger partial charge is 0.231 e. The normalized spacial score (nSPS) is 24.1. The zero-order valence-electron chi connectivity index (χ0n) is 14.4. The molecular weight excluding hydrogens is 318 g/mol. The summed E-state index contributed by atoms with van der Waals surface area (Å²) in [4.78, 5) is 12.1. The molecule has 0 aromatic carbocycles. The number of nitrogens with one attached hydrogen (secondary N) is 1. The van der Waals surface area contributed by atoms with E-state index in [1.807, 2.05) is 6.07 Å². The number of allylic oxidation sites excluding steroid dienone is 2. The van der Waals surface area contributed by atoms with Crippen molar-refractivity contribution in [3.05, 3.63) is 30.1 Å². The number of amides is 1. The van der Waals surface area contributed by atoms with Crippen LogP contribution in [0.5, 0.6) is 5.88 Å².